The van der Waals surface area contributed by atoms with Crippen molar-refractivity contribution in [2.24, 2.45) is 0 Å². The van der Waals surface area contributed by atoms with Crippen molar-refractivity contribution in [1.29, 1.82) is 0 Å². The standard InChI is InChI=1S/C14H19NO/c1-11-6-5-9-13(15-11)10-14(16)12-7-3-2-4-8-12/h2-4,7-8,11,13,15H,5-6,9-10H2,1H3. The number of carbonyl (C=O) groups excluding carboxylic acids is 1. The zero-order chi connectivity index (χ0) is 11.4. The summed E-state index contributed by atoms with van der Waals surface area (Å²) in [5.41, 5.74) is 0.836. The van der Waals surface area contributed by atoms with Crippen molar-refractivity contribution in [2.75, 3.05) is 0 Å². The van der Waals surface area contributed by atoms with Crippen molar-refractivity contribution in [3.63, 3.8) is 0 Å². The first-order valence-corrected chi connectivity index (χ1v) is 6.10. The Morgan fingerprint density at radius 2 is 2.06 bits per heavy atom. The summed E-state index contributed by atoms with van der Waals surface area (Å²) in [6.07, 6.45) is 4.23. The van der Waals surface area contributed by atoms with Crippen LogP contribution < -0.4 is 5.32 Å². The molecule has 0 aromatic heterocycles. The van der Waals surface area contributed by atoms with Gasteiger partial charge < -0.3 is 5.32 Å². The van der Waals surface area contributed by atoms with Gasteiger partial charge in [0.1, 0.15) is 0 Å². The van der Waals surface area contributed by atoms with Gasteiger partial charge in [-0.1, -0.05) is 36.8 Å². The van der Waals surface area contributed by atoms with E-state index in [1.165, 1.54) is 12.8 Å². The van der Waals surface area contributed by atoms with E-state index in [4.69, 9.17) is 0 Å². The summed E-state index contributed by atoms with van der Waals surface area (Å²) in [7, 11) is 0. The molecule has 2 unspecified atom stereocenters. The number of hydrogen-bond acceptors (Lipinski definition) is 2. The molecular formula is C14H19NO. The molecule has 2 rings (SSSR count). The third kappa shape index (κ3) is 2.92. The first-order chi connectivity index (χ1) is 7.75. The van der Waals surface area contributed by atoms with Gasteiger partial charge in [-0.25, -0.2) is 0 Å². The molecule has 2 nitrogen and oxygen atoms in total. The van der Waals surface area contributed by atoms with Crippen LogP contribution in [0.5, 0.6) is 0 Å². The van der Waals surface area contributed by atoms with E-state index in [2.05, 4.69) is 12.2 Å². The van der Waals surface area contributed by atoms with E-state index in [1.807, 2.05) is 30.3 Å². The summed E-state index contributed by atoms with van der Waals surface area (Å²) in [6.45, 7) is 2.19. The van der Waals surface area contributed by atoms with E-state index < -0.39 is 0 Å². The van der Waals surface area contributed by atoms with Crippen LogP contribution in [0, 0.1) is 0 Å². The summed E-state index contributed by atoms with van der Waals surface area (Å²) in [4.78, 5) is 12.0. The highest BCUT2D eigenvalue weighted by Gasteiger charge is 2.20. The number of benzene rings is 1. The van der Waals surface area contributed by atoms with Crippen molar-refractivity contribution < 1.29 is 4.79 Å². The monoisotopic (exact) mass is 217 g/mol. The average molecular weight is 217 g/mol. The molecule has 0 aliphatic carbocycles. The molecule has 1 saturated heterocycles. The molecule has 1 heterocycles. The van der Waals surface area contributed by atoms with E-state index in [9.17, 15) is 4.79 Å². The van der Waals surface area contributed by atoms with Gasteiger partial charge in [0.2, 0.25) is 0 Å². The molecule has 0 radical (unpaired) electrons. The molecule has 86 valence electrons. The Kier molecular flexibility index (Phi) is 3.73. The second kappa shape index (κ2) is 5.26. The Morgan fingerprint density at radius 3 is 2.75 bits per heavy atom. The van der Waals surface area contributed by atoms with E-state index in [1.54, 1.807) is 0 Å². The number of ketones is 1. The normalized spacial score (nSPS) is 25.3. The third-order valence-corrected chi connectivity index (χ3v) is 3.24. The molecular weight excluding hydrogens is 198 g/mol. The lowest BCUT2D eigenvalue weighted by atomic mass is 9.94. The quantitative estimate of drug-likeness (QED) is 0.789. The SMILES string of the molecule is CC1CCCC(CC(=O)c2ccccc2)N1. The number of carbonyl (C=O) groups is 1. The molecule has 2 atom stereocenters. The molecule has 1 aliphatic rings. The highest BCUT2D eigenvalue weighted by atomic mass is 16.1. The highest BCUT2D eigenvalue weighted by molar-refractivity contribution is 5.96. The molecule has 0 bridgehead atoms. The summed E-state index contributed by atoms with van der Waals surface area (Å²) < 4.78 is 0. The number of nitrogens with one attached hydrogen (secondary N) is 1. The van der Waals surface area contributed by atoms with Gasteiger partial charge in [0.25, 0.3) is 0 Å². The van der Waals surface area contributed by atoms with Crippen LogP contribution in [0.25, 0.3) is 0 Å². The molecule has 1 fully saturated rings. The third-order valence-electron chi connectivity index (χ3n) is 3.24. The van der Waals surface area contributed by atoms with Crippen LogP contribution in [0.4, 0.5) is 0 Å². The van der Waals surface area contributed by atoms with Gasteiger partial charge >= 0.3 is 0 Å². The van der Waals surface area contributed by atoms with Gasteiger partial charge in [-0.05, 0) is 19.8 Å². The van der Waals surface area contributed by atoms with Crippen molar-refractivity contribution in [3.05, 3.63) is 35.9 Å². The predicted molar refractivity (Wildman–Crippen MR) is 65.6 cm³/mol. The zero-order valence-electron chi connectivity index (χ0n) is 9.78. The van der Waals surface area contributed by atoms with Crippen LogP contribution in [0.3, 0.4) is 0 Å². The average Bonchev–Trinajstić information content (AvgIpc) is 2.30. The smallest absolute Gasteiger partial charge is 0.164 e. The van der Waals surface area contributed by atoms with Gasteiger partial charge in [0, 0.05) is 24.1 Å². The molecule has 1 N–H and O–H groups in total. The fraction of sp³-hybridized carbons (Fsp3) is 0.500. The lowest BCUT2D eigenvalue weighted by Crippen LogP contribution is -2.41. The molecule has 2 heteroatoms. The Balaban J connectivity index is 1.92. The van der Waals surface area contributed by atoms with Gasteiger partial charge in [-0.15, -0.1) is 0 Å². The van der Waals surface area contributed by atoms with E-state index in [-0.39, 0.29) is 5.78 Å². The Labute approximate surface area is 97.1 Å². The molecule has 16 heavy (non-hydrogen) atoms. The lowest BCUT2D eigenvalue weighted by Gasteiger charge is -2.28. The first kappa shape index (κ1) is 11.3. The number of hydrogen-bond donors (Lipinski definition) is 1. The van der Waals surface area contributed by atoms with E-state index >= 15 is 0 Å². The topological polar surface area (TPSA) is 29.1 Å². The van der Waals surface area contributed by atoms with Crippen LogP contribution in [-0.4, -0.2) is 17.9 Å². The maximum absolute atomic E-state index is 12.0. The predicted octanol–water partition coefficient (Wildman–Crippen LogP) is 2.79. The summed E-state index contributed by atoms with van der Waals surface area (Å²) >= 11 is 0. The van der Waals surface area contributed by atoms with Crippen LogP contribution in [-0.2, 0) is 0 Å². The summed E-state index contributed by atoms with van der Waals surface area (Å²) in [5.74, 6) is 0.257. The fourth-order valence-corrected chi connectivity index (χ4v) is 2.37. The van der Waals surface area contributed by atoms with Crippen molar-refractivity contribution in [2.45, 2.75) is 44.7 Å². The first-order valence-electron chi connectivity index (χ1n) is 6.10. The van der Waals surface area contributed by atoms with Crippen LogP contribution >= 0.6 is 0 Å². The maximum atomic E-state index is 12.0. The van der Waals surface area contributed by atoms with E-state index in [0.717, 1.165) is 12.0 Å². The van der Waals surface area contributed by atoms with Gasteiger partial charge in [-0.3, -0.25) is 4.79 Å². The molecule has 0 spiro atoms. The van der Waals surface area contributed by atoms with Gasteiger partial charge in [-0.2, -0.15) is 0 Å². The highest BCUT2D eigenvalue weighted by Crippen LogP contribution is 2.16. The fourth-order valence-electron chi connectivity index (χ4n) is 2.37. The minimum atomic E-state index is 0.257. The van der Waals surface area contributed by atoms with E-state index in [0.29, 0.717) is 18.5 Å². The molecule has 1 aliphatic heterocycles. The minimum absolute atomic E-state index is 0.257. The van der Waals surface area contributed by atoms with Crippen molar-refractivity contribution in [1.82, 2.24) is 5.32 Å². The van der Waals surface area contributed by atoms with Crippen LogP contribution in [0.2, 0.25) is 0 Å². The summed E-state index contributed by atoms with van der Waals surface area (Å²) in [6, 6.07) is 10.5. The second-order valence-corrected chi connectivity index (χ2v) is 4.69. The van der Waals surface area contributed by atoms with Gasteiger partial charge in [0.15, 0.2) is 5.78 Å². The number of piperidine rings is 1. The molecule has 0 saturated carbocycles. The molecule has 1 aromatic carbocycles. The largest absolute Gasteiger partial charge is 0.311 e. The number of Topliss-reactive ketones (excluding diaryl/α,β-unsaturated/α-hetero) is 1. The van der Waals surface area contributed by atoms with Crippen LogP contribution in [0.1, 0.15) is 43.0 Å². The molecule has 1 aromatic rings. The minimum Gasteiger partial charge on any atom is -0.311 e. The summed E-state index contributed by atoms with van der Waals surface area (Å²) in [5, 5.41) is 3.50. The van der Waals surface area contributed by atoms with Crippen LogP contribution in [0.15, 0.2) is 30.3 Å². The molecule has 0 amide bonds. The Hall–Kier alpha value is -1.15. The van der Waals surface area contributed by atoms with Gasteiger partial charge in [0.05, 0.1) is 0 Å². The lowest BCUT2D eigenvalue weighted by molar-refractivity contribution is 0.0960. The second-order valence-electron chi connectivity index (χ2n) is 4.69. The maximum Gasteiger partial charge on any atom is 0.164 e. The van der Waals surface area contributed by atoms with Crippen molar-refractivity contribution >= 4 is 5.78 Å². The Morgan fingerprint density at radius 1 is 1.31 bits per heavy atom. The Bertz CT molecular complexity index is 347. The van der Waals surface area contributed by atoms with Crippen molar-refractivity contribution in [3.8, 4) is 0 Å². The number of rotatable bonds is 3. The zero-order valence-corrected chi connectivity index (χ0v) is 9.78.